The molecule has 2 aliphatic heterocycles. The first-order valence-corrected chi connectivity index (χ1v) is 17.3. The number of aliphatic imine (C=N–C) groups is 1. The number of amides is 1. The number of benzene rings is 2. The summed E-state index contributed by atoms with van der Waals surface area (Å²) in [6.45, 7) is 11.6. The van der Waals surface area contributed by atoms with Crippen LogP contribution in [0.4, 0.5) is 22.4 Å². The van der Waals surface area contributed by atoms with Crippen molar-refractivity contribution in [3.05, 3.63) is 76.9 Å². The van der Waals surface area contributed by atoms with Gasteiger partial charge in [0.05, 0.1) is 5.70 Å². The minimum absolute atomic E-state index is 0.0319. The molecule has 6 nitrogen and oxygen atoms in total. The fourth-order valence-electron chi connectivity index (χ4n) is 5.58. The summed E-state index contributed by atoms with van der Waals surface area (Å²) in [7, 11) is 7.17. The monoisotopic (exact) mass is 688 g/mol. The third-order valence-electron chi connectivity index (χ3n) is 8.53. The van der Waals surface area contributed by atoms with E-state index < -0.39 is 23.5 Å². The van der Waals surface area contributed by atoms with Crippen molar-refractivity contribution >= 4 is 17.5 Å². The lowest BCUT2D eigenvalue weighted by Crippen LogP contribution is -2.39. The Balaban J connectivity index is 0.000000276. The lowest BCUT2D eigenvalue weighted by molar-refractivity contribution is -0.0193. The van der Waals surface area contributed by atoms with Gasteiger partial charge in [-0.2, -0.15) is 0 Å². The van der Waals surface area contributed by atoms with Crippen LogP contribution in [0.25, 0.3) is 5.70 Å². The van der Waals surface area contributed by atoms with Crippen LogP contribution in [0.15, 0.2) is 59.6 Å². The van der Waals surface area contributed by atoms with Gasteiger partial charge in [-0.25, -0.2) is 22.4 Å². The number of allylic oxidation sites excluding steroid dienone is 1. The van der Waals surface area contributed by atoms with Crippen molar-refractivity contribution in [2.45, 2.75) is 84.2 Å². The first kappa shape index (κ1) is 40.2. The highest BCUT2D eigenvalue weighted by Crippen LogP contribution is 2.36. The first-order chi connectivity index (χ1) is 22.8. The molecule has 0 bridgehead atoms. The number of ether oxygens (including phenoxy) is 1. The predicted molar refractivity (Wildman–Crippen MR) is 192 cm³/mol. The Hall–Kier alpha value is -3.24. The first-order valence-electron chi connectivity index (χ1n) is 17.3. The van der Waals surface area contributed by atoms with Crippen LogP contribution in [0.5, 0.6) is 0 Å². The van der Waals surface area contributed by atoms with Gasteiger partial charge in [0.15, 0.2) is 0 Å². The number of nitrogens with zero attached hydrogens (tertiary/aromatic N) is 4. The van der Waals surface area contributed by atoms with E-state index in [-0.39, 0.29) is 29.9 Å². The van der Waals surface area contributed by atoms with Gasteiger partial charge in [-0.05, 0) is 103 Å². The van der Waals surface area contributed by atoms with Gasteiger partial charge in [-0.3, -0.25) is 9.89 Å². The molecule has 2 aromatic carbocycles. The number of hydrogen-bond acceptors (Lipinski definition) is 5. The van der Waals surface area contributed by atoms with Gasteiger partial charge in [-0.1, -0.05) is 56.3 Å². The number of hydrogen-bond donors (Lipinski definition) is 0. The summed E-state index contributed by atoms with van der Waals surface area (Å²) in [5.74, 6) is -4.85. The maximum Gasteiger partial charge on any atom is 0.414 e. The topological polar surface area (TPSA) is 48.4 Å². The molecule has 0 spiro atoms. The summed E-state index contributed by atoms with van der Waals surface area (Å²) >= 11 is 0. The average molecular weight is 689 g/mol. The Bertz CT molecular complexity index is 1450. The van der Waals surface area contributed by atoms with Crippen molar-refractivity contribution in [3.8, 4) is 0 Å². The second-order valence-electron chi connectivity index (χ2n) is 15.1. The predicted octanol–water partition coefficient (Wildman–Crippen LogP) is 9.30. The molecule has 1 amide bonds. The Morgan fingerprint density at radius 2 is 1.39 bits per heavy atom. The van der Waals surface area contributed by atoms with E-state index in [0.29, 0.717) is 36.8 Å². The Labute approximate surface area is 291 Å². The smallest absolute Gasteiger partial charge is 0.414 e. The maximum absolute atomic E-state index is 14.7. The molecule has 10 heteroatoms. The van der Waals surface area contributed by atoms with E-state index in [1.165, 1.54) is 18.2 Å². The molecule has 0 unspecified atom stereocenters. The van der Waals surface area contributed by atoms with Crippen LogP contribution in [0.2, 0.25) is 0 Å². The maximum atomic E-state index is 14.7. The van der Waals surface area contributed by atoms with Gasteiger partial charge in [0, 0.05) is 55.9 Å². The molecular formula is C39H56F4N4O2. The molecular weight excluding hydrogens is 632 g/mol. The SMILES string of the molecule is C[C@H]1CC=C(c2cccc(C(F)(F)CCN(C)C)c2)N(C(=O)OC(C)(C)C)C1.C[C@H]1CCC(c2cccc(C(F)(F)CCN(C)C)c2)=NC1. The largest absolute Gasteiger partial charge is 0.443 e. The summed E-state index contributed by atoms with van der Waals surface area (Å²) in [5, 5.41) is 0. The third-order valence-corrected chi connectivity index (χ3v) is 8.53. The van der Waals surface area contributed by atoms with E-state index in [4.69, 9.17) is 4.74 Å². The van der Waals surface area contributed by atoms with Crippen molar-refractivity contribution in [2.24, 2.45) is 16.8 Å². The van der Waals surface area contributed by atoms with Gasteiger partial charge in [0.2, 0.25) is 0 Å². The normalized spacial score (nSPS) is 18.9. The highest BCUT2D eigenvalue weighted by molar-refractivity contribution is 6.01. The van der Waals surface area contributed by atoms with Gasteiger partial charge < -0.3 is 14.5 Å². The fraction of sp³-hybridized carbons (Fsp3) is 0.590. The molecule has 2 aliphatic rings. The molecule has 0 radical (unpaired) electrons. The minimum atomic E-state index is -2.93. The third kappa shape index (κ3) is 12.5. The van der Waals surface area contributed by atoms with Crippen molar-refractivity contribution in [1.29, 1.82) is 0 Å². The molecule has 0 saturated heterocycles. The zero-order valence-corrected chi connectivity index (χ0v) is 30.8. The molecule has 0 N–H and O–H groups in total. The Morgan fingerprint density at radius 3 is 1.88 bits per heavy atom. The molecule has 49 heavy (non-hydrogen) atoms. The van der Waals surface area contributed by atoms with Crippen LogP contribution in [-0.4, -0.2) is 86.5 Å². The summed E-state index contributed by atoms with van der Waals surface area (Å²) < 4.78 is 63.4. The standard InChI is InChI=1S/C22H32F2N2O2.C17H24F2N2/c1-16-10-11-19(26(15-16)20(27)28-21(2,3)4)17-8-7-9-18(14-17)22(23,24)12-13-25(5)6;1-13-7-8-16(20-12-13)14-5-4-6-15(11-14)17(18,19)9-10-21(2)3/h7-9,11,14,16H,10,12-13,15H2,1-6H3;4-6,11,13H,7-10,12H2,1-3H3/t16-;13-/m00/s1. The summed E-state index contributed by atoms with van der Waals surface area (Å²) in [6, 6.07) is 13.1. The number of carbonyl (C=O) groups is 1. The molecule has 2 heterocycles. The minimum Gasteiger partial charge on any atom is -0.443 e. The number of halogens is 4. The molecule has 0 aromatic heterocycles. The van der Waals surface area contributed by atoms with E-state index in [2.05, 4.69) is 18.8 Å². The van der Waals surface area contributed by atoms with Crippen molar-refractivity contribution in [3.63, 3.8) is 0 Å². The van der Waals surface area contributed by atoms with Gasteiger partial charge >= 0.3 is 6.09 Å². The number of alkyl halides is 4. The highest BCUT2D eigenvalue weighted by atomic mass is 19.3. The van der Waals surface area contributed by atoms with Crippen molar-refractivity contribution in [2.75, 3.05) is 54.4 Å². The van der Waals surface area contributed by atoms with Crippen molar-refractivity contribution < 1.29 is 27.1 Å². The van der Waals surface area contributed by atoms with Crippen molar-refractivity contribution in [1.82, 2.24) is 14.7 Å². The molecule has 0 fully saturated rings. The van der Waals surface area contributed by atoms with Crippen LogP contribution in [-0.2, 0) is 16.6 Å². The van der Waals surface area contributed by atoms with E-state index in [9.17, 15) is 22.4 Å². The second kappa shape index (κ2) is 17.1. The van der Waals surface area contributed by atoms with Crippen LogP contribution in [0.1, 0.15) is 89.0 Å². The van der Waals surface area contributed by atoms with Crippen LogP contribution in [0, 0.1) is 11.8 Å². The summed E-state index contributed by atoms with van der Waals surface area (Å²) in [5.41, 5.74) is 2.52. The molecule has 2 atom stereocenters. The molecule has 0 aliphatic carbocycles. The van der Waals surface area contributed by atoms with Crippen LogP contribution in [0.3, 0.4) is 0 Å². The quantitative estimate of drug-likeness (QED) is 0.234. The summed E-state index contributed by atoms with van der Waals surface area (Å²) in [4.78, 5) is 22.3. The molecule has 272 valence electrons. The zero-order valence-electron chi connectivity index (χ0n) is 30.8. The van der Waals surface area contributed by atoms with Crippen LogP contribution >= 0.6 is 0 Å². The fourth-order valence-corrected chi connectivity index (χ4v) is 5.58. The van der Waals surface area contributed by atoms with Gasteiger partial charge in [0.25, 0.3) is 11.8 Å². The Kier molecular flexibility index (Phi) is 14.0. The van der Waals surface area contributed by atoms with E-state index in [1.807, 2.05) is 47.0 Å². The lowest BCUT2D eigenvalue weighted by atomic mass is 9.94. The average Bonchev–Trinajstić information content (AvgIpc) is 3.03. The highest BCUT2D eigenvalue weighted by Gasteiger charge is 2.34. The molecule has 4 rings (SSSR count). The number of rotatable bonds is 10. The van der Waals surface area contributed by atoms with E-state index in [1.54, 1.807) is 53.1 Å². The lowest BCUT2D eigenvalue weighted by Gasteiger charge is -2.34. The zero-order chi connectivity index (χ0) is 36.6. The van der Waals surface area contributed by atoms with Gasteiger partial charge in [-0.15, -0.1) is 0 Å². The number of carbonyl (C=O) groups excluding carboxylic acids is 1. The summed E-state index contributed by atoms with van der Waals surface area (Å²) in [6.07, 6.45) is 3.83. The van der Waals surface area contributed by atoms with Gasteiger partial charge in [0.1, 0.15) is 5.60 Å². The van der Waals surface area contributed by atoms with Crippen LogP contribution < -0.4 is 0 Å². The van der Waals surface area contributed by atoms with E-state index in [0.717, 1.165) is 37.1 Å². The second-order valence-corrected chi connectivity index (χ2v) is 15.1. The molecule has 0 saturated carbocycles. The van der Waals surface area contributed by atoms with E-state index >= 15 is 0 Å². The molecule has 2 aromatic rings. The Morgan fingerprint density at radius 1 is 0.857 bits per heavy atom.